The van der Waals surface area contributed by atoms with Crippen molar-refractivity contribution in [3.8, 4) is 17.2 Å². The smallest absolute Gasteiger partial charge is 0.206 e. The normalized spacial score (nSPS) is 12.3. The molecule has 0 unspecified atom stereocenters. The second kappa shape index (κ2) is 15.0. The molecule has 270 valence electrons. The van der Waals surface area contributed by atoms with E-state index in [1.54, 1.807) is 36.4 Å². The van der Waals surface area contributed by atoms with E-state index in [0.717, 1.165) is 53.7 Å². The molecule has 0 spiro atoms. The summed E-state index contributed by atoms with van der Waals surface area (Å²) in [6, 6.07) is 35.3. The van der Waals surface area contributed by atoms with Crippen molar-refractivity contribution >= 4 is 37.7 Å². The third kappa shape index (κ3) is 8.13. The molecule has 1 aromatic heterocycles. The molecule has 0 atom stereocenters. The van der Waals surface area contributed by atoms with E-state index < -0.39 is 9.84 Å². The van der Waals surface area contributed by atoms with Crippen LogP contribution < -0.4 is 9.47 Å². The molecule has 0 saturated carbocycles. The van der Waals surface area contributed by atoms with Gasteiger partial charge in [0.2, 0.25) is 9.84 Å². The number of unbranched alkanes of at least 4 members (excludes halogenated alkanes) is 3. The van der Waals surface area contributed by atoms with Gasteiger partial charge in [0, 0.05) is 16.5 Å². The minimum atomic E-state index is -3.71. The molecule has 0 bridgehead atoms. The average molecular weight is 714 g/mol. The van der Waals surface area contributed by atoms with Gasteiger partial charge in [-0.05, 0) is 138 Å². The standard InChI is InChI=1S/C46H51NO4S/c1-8-33-13-19-37(20-14-33)50-29-11-9-10-12-30-51-38-21-25-40(26-22-38)52(48,49)39-23-17-36(18-24-39)47-43-27-15-34(45(2,3)4)31-41(43)42-32-35(46(5,6)7)16-28-44(42)47/h8,13-28,31-32H,1,9-12,29-30H2,2-7H3. The first-order valence-electron chi connectivity index (χ1n) is 18.3. The molecule has 52 heavy (non-hydrogen) atoms. The summed E-state index contributed by atoms with van der Waals surface area (Å²) in [6.07, 6.45) is 5.80. The maximum Gasteiger partial charge on any atom is 0.206 e. The largest absolute Gasteiger partial charge is 0.494 e. The van der Waals surface area contributed by atoms with Gasteiger partial charge in [-0.25, -0.2) is 8.42 Å². The van der Waals surface area contributed by atoms with Crippen LogP contribution in [0.4, 0.5) is 0 Å². The molecule has 0 aliphatic rings. The van der Waals surface area contributed by atoms with Crippen molar-refractivity contribution in [3.63, 3.8) is 0 Å². The van der Waals surface area contributed by atoms with Crippen LogP contribution >= 0.6 is 0 Å². The lowest BCUT2D eigenvalue weighted by atomic mass is 9.85. The molecule has 6 heteroatoms. The van der Waals surface area contributed by atoms with Crippen LogP contribution in [-0.4, -0.2) is 26.2 Å². The van der Waals surface area contributed by atoms with E-state index >= 15 is 0 Å². The summed E-state index contributed by atoms with van der Waals surface area (Å²) in [5.41, 5.74) is 6.78. The van der Waals surface area contributed by atoms with Gasteiger partial charge < -0.3 is 14.0 Å². The number of nitrogens with zero attached hydrogens (tertiary/aromatic N) is 1. The van der Waals surface area contributed by atoms with E-state index in [9.17, 15) is 8.42 Å². The first-order chi connectivity index (χ1) is 24.8. The zero-order valence-corrected chi connectivity index (χ0v) is 32.2. The zero-order valence-electron chi connectivity index (χ0n) is 31.4. The van der Waals surface area contributed by atoms with Gasteiger partial charge in [0.15, 0.2) is 0 Å². The van der Waals surface area contributed by atoms with Gasteiger partial charge >= 0.3 is 0 Å². The van der Waals surface area contributed by atoms with Crippen LogP contribution in [0.1, 0.15) is 83.9 Å². The molecule has 0 aliphatic carbocycles. The van der Waals surface area contributed by atoms with Crippen LogP contribution in [0.5, 0.6) is 11.5 Å². The zero-order chi connectivity index (χ0) is 37.1. The minimum absolute atomic E-state index is 0.0148. The highest BCUT2D eigenvalue weighted by atomic mass is 32.2. The lowest BCUT2D eigenvalue weighted by Gasteiger charge is -2.19. The fraction of sp³-hybridized carbons (Fsp3) is 0.304. The van der Waals surface area contributed by atoms with Crippen molar-refractivity contribution in [1.29, 1.82) is 0 Å². The van der Waals surface area contributed by atoms with Crippen molar-refractivity contribution in [3.05, 3.63) is 132 Å². The molecule has 0 N–H and O–H groups in total. The van der Waals surface area contributed by atoms with E-state index in [-0.39, 0.29) is 20.6 Å². The molecule has 1 heterocycles. The molecule has 6 rings (SSSR count). The number of fused-ring (bicyclic) bond motifs is 3. The number of benzene rings is 5. The molecule has 0 fully saturated rings. The van der Waals surface area contributed by atoms with Gasteiger partial charge in [-0.2, -0.15) is 0 Å². The van der Waals surface area contributed by atoms with E-state index in [2.05, 4.69) is 89.1 Å². The number of aromatic nitrogens is 1. The second-order valence-corrected chi connectivity index (χ2v) is 17.6. The highest BCUT2D eigenvalue weighted by molar-refractivity contribution is 7.91. The Kier molecular flexibility index (Phi) is 10.7. The highest BCUT2D eigenvalue weighted by Crippen LogP contribution is 2.38. The van der Waals surface area contributed by atoms with Crippen molar-refractivity contribution in [2.75, 3.05) is 13.2 Å². The summed E-state index contributed by atoms with van der Waals surface area (Å²) in [5, 5.41) is 2.40. The Bertz CT molecular complexity index is 2200. The van der Waals surface area contributed by atoms with E-state index in [1.807, 2.05) is 42.5 Å². The van der Waals surface area contributed by atoms with Gasteiger partial charge in [-0.15, -0.1) is 0 Å². The van der Waals surface area contributed by atoms with Crippen molar-refractivity contribution < 1.29 is 17.9 Å². The van der Waals surface area contributed by atoms with Crippen molar-refractivity contribution in [2.24, 2.45) is 0 Å². The fourth-order valence-corrected chi connectivity index (χ4v) is 7.76. The third-order valence-electron chi connectivity index (χ3n) is 9.73. The fourth-order valence-electron chi connectivity index (χ4n) is 6.50. The van der Waals surface area contributed by atoms with Gasteiger partial charge in [-0.3, -0.25) is 0 Å². The lowest BCUT2D eigenvalue weighted by Crippen LogP contribution is -2.10. The van der Waals surface area contributed by atoms with Crippen LogP contribution in [0, 0.1) is 0 Å². The van der Waals surface area contributed by atoms with Crippen molar-refractivity contribution in [1.82, 2.24) is 4.57 Å². The first kappa shape index (κ1) is 37.0. The Morgan fingerprint density at radius 2 is 1.00 bits per heavy atom. The molecule has 5 nitrogen and oxygen atoms in total. The third-order valence-corrected chi connectivity index (χ3v) is 11.5. The van der Waals surface area contributed by atoms with E-state index in [0.29, 0.717) is 19.0 Å². The van der Waals surface area contributed by atoms with Crippen molar-refractivity contribution in [2.45, 2.75) is 87.8 Å². The average Bonchev–Trinajstić information content (AvgIpc) is 3.45. The Morgan fingerprint density at radius 1 is 0.577 bits per heavy atom. The Balaban J connectivity index is 1.10. The van der Waals surface area contributed by atoms with Gasteiger partial charge in [-0.1, -0.05) is 78.5 Å². The monoisotopic (exact) mass is 713 g/mol. The van der Waals surface area contributed by atoms with Crippen LogP contribution in [0.15, 0.2) is 126 Å². The summed E-state index contributed by atoms with van der Waals surface area (Å²) < 4.78 is 41.3. The molecule has 0 amide bonds. The molecule has 6 aromatic rings. The summed E-state index contributed by atoms with van der Waals surface area (Å²) in [4.78, 5) is 0.501. The van der Waals surface area contributed by atoms with E-state index in [1.165, 1.54) is 21.9 Å². The molecule has 0 radical (unpaired) electrons. The number of hydrogen-bond donors (Lipinski definition) is 0. The van der Waals surface area contributed by atoms with Crippen LogP contribution in [-0.2, 0) is 20.7 Å². The summed E-state index contributed by atoms with van der Waals surface area (Å²) in [6.45, 7) is 18.5. The maximum absolute atomic E-state index is 13.7. The number of ether oxygens (including phenoxy) is 2. The van der Waals surface area contributed by atoms with Crippen LogP contribution in [0.25, 0.3) is 33.6 Å². The number of sulfone groups is 1. The quantitative estimate of drug-likeness (QED) is 0.112. The molecular formula is C46H51NO4S. The lowest BCUT2D eigenvalue weighted by molar-refractivity contribution is 0.287. The number of hydrogen-bond acceptors (Lipinski definition) is 4. The van der Waals surface area contributed by atoms with E-state index in [4.69, 9.17) is 9.47 Å². The Hall–Kier alpha value is -4.81. The second-order valence-electron chi connectivity index (χ2n) is 15.7. The summed E-state index contributed by atoms with van der Waals surface area (Å²) in [5.74, 6) is 1.54. The van der Waals surface area contributed by atoms with Crippen LogP contribution in [0.2, 0.25) is 0 Å². The van der Waals surface area contributed by atoms with Gasteiger partial charge in [0.05, 0.1) is 34.0 Å². The molecular weight excluding hydrogens is 663 g/mol. The van der Waals surface area contributed by atoms with Crippen LogP contribution in [0.3, 0.4) is 0 Å². The predicted molar refractivity (Wildman–Crippen MR) is 216 cm³/mol. The number of rotatable bonds is 13. The molecule has 0 aliphatic heterocycles. The minimum Gasteiger partial charge on any atom is -0.494 e. The predicted octanol–water partition coefficient (Wildman–Crippen LogP) is 11.9. The van der Waals surface area contributed by atoms with Gasteiger partial charge in [0.1, 0.15) is 11.5 Å². The summed E-state index contributed by atoms with van der Waals surface area (Å²) in [7, 11) is -3.71. The maximum atomic E-state index is 13.7. The molecule has 5 aromatic carbocycles. The topological polar surface area (TPSA) is 57.5 Å². The summed E-state index contributed by atoms with van der Waals surface area (Å²) >= 11 is 0. The Labute approximate surface area is 309 Å². The first-order valence-corrected chi connectivity index (χ1v) is 19.8. The molecule has 0 saturated heterocycles. The Morgan fingerprint density at radius 3 is 1.42 bits per heavy atom. The van der Waals surface area contributed by atoms with Gasteiger partial charge in [0.25, 0.3) is 0 Å². The highest BCUT2D eigenvalue weighted by Gasteiger charge is 2.22. The SMILES string of the molecule is C=Cc1ccc(OCCCCCCOc2ccc(S(=O)(=O)c3ccc(-n4c5ccc(C(C)(C)C)cc5c5cc(C(C)(C)C)ccc54)cc3)cc2)cc1.